The Morgan fingerprint density at radius 3 is 2.38 bits per heavy atom. The second-order valence-electron chi connectivity index (χ2n) is 6.66. The van der Waals surface area contributed by atoms with E-state index >= 15 is 0 Å². The van der Waals surface area contributed by atoms with Crippen molar-refractivity contribution in [1.29, 1.82) is 0 Å². The van der Waals surface area contributed by atoms with Crippen LogP contribution in [0.1, 0.15) is 11.1 Å². The number of nitrogens with two attached hydrogens (primary N) is 1. The largest absolute Gasteiger partial charge is 0.393 e. The molecule has 0 amide bonds. The second kappa shape index (κ2) is 8.39. The predicted octanol–water partition coefficient (Wildman–Crippen LogP) is 4.84. The van der Waals surface area contributed by atoms with Gasteiger partial charge in [-0.3, -0.25) is 0 Å². The number of aromatic nitrogens is 3. The molecule has 0 spiro atoms. The van der Waals surface area contributed by atoms with Crippen LogP contribution in [0, 0.1) is 6.92 Å². The lowest BCUT2D eigenvalue weighted by atomic mass is 10.2. The summed E-state index contributed by atoms with van der Waals surface area (Å²) in [5.74, 6) is 1.94. The highest BCUT2D eigenvalue weighted by atomic mass is 15.3. The van der Waals surface area contributed by atoms with Crippen LogP contribution in [0.4, 0.5) is 28.8 Å². The van der Waals surface area contributed by atoms with E-state index in [1.54, 1.807) is 6.20 Å². The molecule has 0 atom stereocenters. The summed E-state index contributed by atoms with van der Waals surface area (Å²) in [6.45, 7) is 2.62. The Labute approximate surface area is 170 Å². The van der Waals surface area contributed by atoms with Crippen LogP contribution >= 0.6 is 0 Å². The Balaban J connectivity index is 1.74. The van der Waals surface area contributed by atoms with Crippen molar-refractivity contribution in [3.05, 3.63) is 96.4 Å². The lowest BCUT2D eigenvalue weighted by molar-refractivity contribution is 0.918. The number of para-hydroxylation sites is 1. The number of rotatable bonds is 6. The van der Waals surface area contributed by atoms with E-state index in [0.29, 0.717) is 23.9 Å². The molecule has 0 unspecified atom stereocenters. The molecular weight excluding hydrogens is 360 g/mol. The number of hydrogen-bond donors (Lipinski definition) is 2. The van der Waals surface area contributed by atoms with Gasteiger partial charge >= 0.3 is 0 Å². The number of anilines is 5. The average Bonchev–Trinajstić information content (AvgIpc) is 2.77. The van der Waals surface area contributed by atoms with Gasteiger partial charge in [0.05, 0.1) is 6.54 Å². The summed E-state index contributed by atoms with van der Waals surface area (Å²) in [6, 6.07) is 24.0. The number of nitrogens with zero attached hydrogens (tertiary/aromatic N) is 4. The first-order valence-electron chi connectivity index (χ1n) is 9.38. The molecule has 2 aromatic heterocycles. The first kappa shape index (κ1) is 18.4. The van der Waals surface area contributed by atoms with Gasteiger partial charge in [0.2, 0.25) is 0 Å². The highest BCUT2D eigenvalue weighted by Gasteiger charge is 2.18. The fraction of sp³-hybridized carbons (Fsp3) is 0.0870. The molecule has 0 saturated carbocycles. The van der Waals surface area contributed by atoms with Crippen LogP contribution in [0.2, 0.25) is 0 Å². The first-order chi connectivity index (χ1) is 14.2. The molecule has 144 valence electrons. The van der Waals surface area contributed by atoms with E-state index < -0.39 is 0 Å². The smallest absolute Gasteiger partial charge is 0.163 e. The molecule has 0 aliphatic rings. The van der Waals surface area contributed by atoms with Crippen molar-refractivity contribution >= 4 is 28.8 Å². The van der Waals surface area contributed by atoms with E-state index in [0.717, 1.165) is 22.6 Å². The molecule has 0 aliphatic carbocycles. The van der Waals surface area contributed by atoms with Crippen LogP contribution in [-0.4, -0.2) is 15.0 Å². The zero-order chi connectivity index (χ0) is 20.1. The van der Waals surface area contributed by atoms with Gasteiger partial charge in [-0.15, -0.1) is 0 Å². The van der Waals surface area contributed by atoms with Crippen LogP contribution in [-0.2, 0) is 6.54 Å². The second-order valence-corrected chi connectivity index (χ2v) is 6.66. The van der Waals surface area contributed by atoms with Crippen molar-refractivity contribution in [2.45, 2.75) is 13.5 Å². The predicted molar refractivity (Wildman–Crippen MR) is 117 cm³/mol. The van der Waals surface area contributed by atoms with Crippen molar-refractivity contribution in [2.75, 3.05) is 16.0 Å². The van der Waals surface area contributed by atoms with Gasteiger partial charge in [0.1, 0.15) is 17.8 Å². The average molecular weight is 382 g/mol. The van der Waals surface area contributed by atoms with E-state index in [1.807, 2.05) is 72.5 Å². The number of hydrogen-bond acceptors (Lipinski definition) is 6. The van der Waals surface area contributed by atoms with E-state index in [4.69, 9.17) is 5.73 Å². The molecule has 4 rings (SSSR count). The van der Waals surface area contributed by atoms with E-state index in [1.165, 1.54) is 6.33 Å². The van der Waals surface area contributed by atoms with E-state index in [2.05, 4.69) is 32.4 Å². The third-order valence-electron chi connectivity index (χ3n) is 4.63. The Morgan fingerprint density at radius 1 is 0.862 bits per heavy atom. The van der Waals surface area contributed by atoms with Gasteiger partial charge in [-0.2, -0.15) is 0 Å². The molecule has 2 heterocycles. The minimum absolute atomic E-state index is 0.470. The quantitative estimate of drug-likeness (QED) is 0.496. The van der Waals surface area contributed by atoms with Gasteiger partial charge in [0.25, 0.3) is 0 Å². The van der Waals surface area contributed by atoms with E-state index in [9.17, 15) is 0 Å². The fourth-order valence-electron chi connectivity index (χ4n) is 3.09. The maximum absolute atomic E-state index is 6.52. The molecule has 3 N–H and O–H groups in total. The van der Waals surface area contributed by atoms with Crippen molar-refractivity contribution in [1.82, 2.24) is 15.0 Å². The van der Waals surface area contributed by atoms with E-state index in [-0.39, 0.29) is 0 Å². The van der Waals surface area contributed by atoms with Crippen molar-refractivity contribution in [3.63, 3.8) is 0 Å². The molecule has 6 nitrogen and oxygen atoms in total. The Kier molecular flexibility index (Phi) is 5.33. The molecule has 0 bridgehead atoms. The molecule has 0 aliphatic heterocycles. The zero-order valence-electron chi connectivity index (χ0n) is 16.2. The Morgan fingerprint density at radius 2 is 1.62 bits per heavy atom. The van der Waals surface area contributed by atoms with Crippen molar-refractivity contribution in [3.8, 4) is 0 Å². The molecule has 29 heavy (non-hydrogen) atoms. The number of pyridine rings is 1. The van der Waals surface area contributed by atoms with Gasteiger partial charge in [0.15, 0.2) is 11.6 Å². The molecule has 0 radical (unpaired) electrons. The number of benzene rings is 2. The summed E-state index contributed by atoms with van der Waals surface area (Å²) in [6.07, 6.45) is 3.28. The minimum Gasteiger partial charge on any atom is -0.393 e. The maximum atomic E-state index is 6.52. The molecule has 2 aromatic carbocycles. The summed E-state index contributed by atoms with van der Waals surface area (Å²) < 4.78 is 0. The van der Waals surface area contributed by atoms with Crippen LogP contribution in [0.5, 0.6) is 0 Å². The minimum atomic E-state index is 0.470. The summed E-state index contributed by atoms with van der Waals surface area (Å²) >= 11 is 0. The standard InChI is InChI=1S/C23H22N6/c1-17-9-5-6-12-19(17)28-22-21(24)23(27-16-26-22)29(20-13-7-8-14-25-20)15-18-10-3-2-4-11-18/h2-14,16H,15,24H2,1H3,(H,26,27,28). The molecule has 6 heteroatoms. The van der Waals surface area contributed by atoms with Gasteiger partial charge in [-0.25, -0.2) is 15.0 Å². The summed E-state index contributed by atoms with van der Waals surface area (Å²) in [5.41, 5.74) is 10.2. The molecule has 0 fully saturated rings. The Bertz CT molecular complexity index is 1080. The van der Waals surface area contributed by atoms with Crippen molar-refractivity contribution < 1.29 is 0 Å². The van der Waals surface area contributed by atoms with Crippen LogP contribution in [0.25, 0.3) is 0 Å². The third kappa shape index (κ3) is 4.16. The highest BCUT2D eigenvalue weighted by molar-refractivity contribution is 5.81. The molecular formula is C23H22N6. The number of nitrogen functional groups attached to an aromatic ring is 1. The zero-order valence-corrected chi connectivity index (χ0v) is 16.2. The number of aryl methyl sites for hydroxylation is 1. The first-order valence-corrected chi connectivity index (χ1v) is 9.38. The van der Waals surface area contributed by atoms with Crippen LogP contribution in [0.15, 0.2) is 85.3 Å². The third-order valence-corrected chi connectivity index (χ3v) is 4.63. The highest BCUT2D eigenvalue weighted by Crippen LogP contribution is 2.33. The summed E-state index contributed by atoms with van der Waals surface area (Å²) in [5, 5.41) is 3.33. The van der Waals surface area contributed by atoms with Gasteiger partial charge in [0, 0.05) is 11.9 Å². The lowest BCUT2D eigenvalue weighted by Crippen LogP contribution is -2.21. The molecule has 0 saturated heterocycles. The van der Waals surface area contributed by atoms with Crippen molar-refractivity contribution in [2.24, 2.45) is 0 Å². The van der Waals surface area contributed by atoms with Gasteiger partial charge in [-0.05, 0) is 36.2 Å². The topological polar surface area (TPSA) is 80.0 Å². The maximum Gasteiger partial charge on any atom is 0.163 e. The van der Waals surface area contributed by atoms with Crippen LogP contribution in [0.3, 0.4) is 0 Å². The fourth-order valence-corrected chi connectivity index (χ4v) is 3.09. The van der Waals surface area contributed by atoms with Gasteiger partial charge < -0.3 is 16.0 Å². The SMILES string of the molecule is Cc1ccccc1Nc1ncnc(N(Cc2ccccc2)c2ccccn2)c1N. The van der Waals surface area contributed by atoms with Gasteiger partial charge in [-0.1, -0.05) is 54.6 Å². The normalized spacial score (nSPS) is 10.5. The Hall–Kier alpha value is -3.93. The number of nitrogens with one attached hydrogen (secondary N) is 1. The van der Waals surface area contributed by atoms with Crippen LogP contribution < -0.4 is 16.0 Å². The monoisotopic (exact) mass is 382 g/mol. The summed E-state index contributed by atoms with van der Waals surface area (Å²) in [4.78, 5) is 15.4. The lowest BCUT2D eigenvalue weighted by Gasteiger charge is -2.25. The molecule has 4 aromatic rings. The summed E-state index contributed by atoms with van der Waals surface area (Å²) in [7, 11) is 0.